The predicted molar refractivity (Wildman–Crippen MR) is 60.2 cm³/mol. The molecule has 0 bridgehead atoms. The van der Waals surface area contributed by atoms with Crippen molar-refractivity contribution in [1.82, 2.24) is 9.78 Å². The molecule has 1 N–H and O–H groups in total. The number of aromatic nitrogens is 2. The lowest BCUT2D eigenvalue weighted by Gasteiger charge is -2.28. The molecule has 2 atom stereocenters. The van der Waals surface area contributed by atoms with E-state index in [1.807, 2.05) is 18.5 Å². The Morgan fingerprint density at radius 3 is 2.53 bits per heavy atom. The third kappa shape index (κ3) is 1.91. The van der Waals surface area contributed by atoms with Crippen LogP contribution in [0.5, 0.6) is 0 Å². The van der Waals surface area contributed by atoms with Crippen molar-refractivity contribution in [2.45, 2.75) is 51.7 Å². The van der Waals surface area contributed by atoms with Gasteiger partial charge in [-0.3, -0.25) is 4.68 Å². The predicted octanol–water partition coefficient (Wildman–Crippen LogP) is 2.63. The molecule has 1 heterocycles. The minimum Gasteiger partial charge on any atom is -0.391 e. The summed E-state index contributed by atoms with van der Waals surface area (Å²) in [6.07, 6.45) is 3.88. The molecule has 2 unspecified atom stereocenters. The van der Waals surface area contributed by atoms with Crippen LogP contribution >= 0.6 is 11.6 Å². The highest BCUT2D eigenvalue weighted by molar-refractivity contribution is 6.31. The van der Waals surface area contributed by atoms with Gasteiger partial charge in [-0.25, -0.2) is 0 Å². The van der Waals surface area contributed by atoms with Crippen LogP contribution in [0, 0.1) is 13.8 Å². The second-order valence-corrected chi connectivity index (χ2v) is 4.73. The van der Waals surface area contributed by atoms with E-state index in [-0.39, 0.29) is 12.1 Å². The summed E-state index contributed by atoms with van der Waals surface area (Å²) in [5.74, 6) is 0. The van der Waals surface area contributed by atoms with Crippen LogP contribution < -0.4 is 0 Å². The molecule has 1 aromatic heterocycles. The summed E-state index contributed by atoms with van der Waals surface area (Å²) in [5.41, 5.74) is 1.83. The van der Waals surface area contributed by atoms with Crippen LogP contribution in [0.3, 0.4) is 0 Å². The van der Waals surface area contributed by atoms with Crippen LogP contribution in [-0.4, -0.2) is 21.0 Å². The number of hydrogen-bond donors (Lipinski definition) is 1. The van der Waals surface area contributed by atoms with Gasteiger partial charge in [0.1, 0.15) is 0 Å². The molecule has 84 valence electrons. The lowest BCUT2D eigenvalue weighted by molar-refractivity contribution is 0.0683. The van der Waals surface area contributed by atoms with E-state index in [4.69, 9.17) is 11.6 Å². The lowest BCUT2D eigenvalue weighted by Crippen LogP contribution is -2.29. The normalized spacial score (nSPS) is 26.9. The van der Waals surface area contributed by atoms with Gasteiger partial charge in [-0.1, -0.05) is 24.4 Å². The minimum atomic E-state index is -0.271. The zero-order valence-electron chi connectivity index (χ0n) is 9.20. The average molecular weight is 229 g/mol. The van der Waals surface area contributed by atoms with E-state index in [9.17, 15) is 5.11 Å². The summed E-state index contributed by atoms with van der Waals surface area (Å²) in [5, 5.41) is 15.1. The van der Waals surface area contributed by atoms with Gasteiger partial charge >= 0.3 is 0 Å². The van der Waals surface area contributed by atoms with Gasteiger partial charge in [-0.2, -0.15) is 5.10 Å². The number of nitrogens with zero attached hydrogens (tertiary/aromatic N) is 2. The number of rotatable bonds is 1. The second-order valence-electron chi connectivity index (χ2n) is 4.35. The smallest absolute Gasteiger partial charge is 0.0844 e. The van der Waals surface area contributed by atoms with E-state index >= 15 is 0 Å². The fourth-order valence-corrected chi connectivity index (χ4v) is 2.47. The number of hydrogen-bond acceptors (Lipinski definition) is 2. The lowest BCUT2D eigenvalue weighted by atomic mass is 9.92. The number of aryl methyl sites for hydroxylation is 1. The Kier molecular flexibility index (Phi) is 3.03. The maximum atomic E-state index is 9.94. The maximum absolute atomic E-state index is 9.94. The molecule has 1 fully saturated rings. The van der Waals surface area contributed by atoms with E-state index in [1.165, 1.54) is 0 Å². The van der Waals surface area contributed by atoms with Crippen molar-refractivity contribution in [2.75, 3.05) is 0 Å². The third-order valence-corrected chi connectivity index (χ3v) is 3.79. The first kappa shape index (κ1) is 11.0. The van der Waals surface area contributed by atoms with E-state index in [2.05, 4.69) is 5.10 Å². The van der Waals surface area contributed by atoms with Crippen molar-refractivity contribution in [3.8, 4) is 0 Å². The van der Waals surface area contributed by atoms with Crippen LogP contribution in [0.1, 0.15) is 43.1 Å². The van der Waals surface area contributed by atoms with E-state index < -0.39 is 0 Å². The summed E-state index contributed by atoms with van der Waals surface area (Å²) >= 11 is 6.10. The second kappa shape index (κ2) is 4.14. The molecule has 1 aliphatic carbocycles. The van der Waals surface area contributed by atoms with Gasteiger partial charge in [-0.05, 0) is 26.7 Å². The van der Waals surface area contributed by atoms with Crippen LogP contribution in [-0.2, 0) is 0 Å². The van der Waals surface area contributed by atoms with Crippen LogP contribution in [0.15, 0.2) is 0 Å². The van der Waals surface area contributed by atoms with Gasteiger partial charge in [-0.15, -0.1) is 0 Å². The highest BCUT2D eigenvalue weighted by atomic mass is 35.5. The molecular formula is C11H17ClN2O. The molecule has 0 aromatic carbocycles. The number of halogens is 1. The van der Waals surface area contributed by atoms with E-state index in [0.717, 1.165) is 42.1 Å². The largest absolute Gasteiger partial charge is 0.391 e. The van der Waals surface area contributed by atoms with Crippen molar-refractivity contribution in [1.29, 1.82) is 0 Å². The topological polar surface area (TPSA) is 38.0 Å². The summed E-state index contributed by atoms with van der Waals surface area (Å²) in [6.45, 7) is 3.87. The molecule has 1 saturated carbocycles. The number of aliphatic hydroxyl groups is 1. The van der Waals surface area contributed by atoms with Crippen molar-refractivity contribution in [3.63, 3.8) is 0 Å². The van der Waals surface area contributed by atoms with Gasteiger partial charge < -0.3 is 5.11 Å². The molecule has 2 rings (SSSR count). The summed E-state index contributed by atoms with van der Waals surface area (Å²) in [4.78, 5) is 0. The van der Waals surface area contributed by atoms with Gasteiger partial charge in [0.25, 0.3) is 0 Å². The van der Waals surface area contributed by atoms with E-state index in [1.54, 1.807) is 0 Å². The fourth-order valence-electron chi connectivity index (χ4n) is 2.34. The van der Waals surface area contributed by atoms with Crippen molar-refractivity contribution in [3.05, 3.63) is 16.4 Å². The van der Waals surface area contributed by atoms with Gasteiger partial charge in [0.15, 0.2) is 0 Å². The number of aliphatic hydroxyl groups excluding tert-OH is 1. The summed E-state index contributed by atoms with van der Waals surface area (Å²) < 4.78 is 1.90. The molecule has 0 amide bonds. The van der Waals surface area contributed by atoms with Gasteiger partial charge in [0, 0.05) is 0 Å². The minimum absolute atomic E-state index is 0.116. The molecule has 0 aliphatic heterocycles. The van der Waals surface area contributed by atoms with Crippen molar-refractivity contribution in [2.24, 2.45) is 0 Å². The highest BCUT2D eigenvalue weighted by Gasteiger charge is 2.27. The summed E-state index contributed by atoms with van der Waals surface area (Å²) in [7, 11) is 0. The average Bonchev–Trinajstić information content (AvgIpc) is 2.47. The molecule has 0 radical (unpaired) electrons. The molecule has 4 heteroatoms. The van der Waals surface area contributed by atoms with Crippen LogP contribution in [0.25, 0.3) is 0 Å². The highest BCUT2D eigenvalue weighted by Crippen LogP contribution is 2.31. The first-order valence-electron chi connectivity index (χ1n) is 5.50. The Bertz CT molecular complexity index is 362. The first-order valence-corrected chi connectivity index (χ1v) is 5.88. The Morgan fingerprint density at radius 1 is 1.33 bits per heavy atom. The standard InChI is InChI=1S/C11H17ClN2O/c1-7-11(12)8(2)14(13-7)9-5-3-4-6-10(9)15/h9-10,15H,3-6H2,1-2H3. The van der Waals surface area contributed by atoms with Crippen LogP contribution in [0.2, 0.25) is 5.02 Å². The Balaban J connectivity index is 2.31. The Hall–Kier alpha value is -0.540. The Labute approximate surface area is 95.0 Å². The van der Waals surface area contributed by atoms with Crippen molar-refractivity contribution >= 4 is 11.6 Å². The fraction of sp³-hybridized carbons (Fsp3) is 0.727. The monoisotopic (exact) mass is 228 g/mol. The van der Waals surface area contributed by atoms with Crippen molar-refractivity contribution < 1.29 is 5.11 Å². The molecule has 15 heavy (non-hydrogen) atoms. The SMILES string of the molecule is Cc1nn(C2CCCCC2O)c(C)c1Cl. The maximum Gasteiger partial charge on any atom is 0.0844 e. The van der Waals surface area contributed by atoms with Crippen LogP contribution in [0.4, 0.5) is 0 Å². The molecular weight excluding hydrogens is 212 g/mol. The zero-order chi connectivity index (χ0) is 11.0. The summed E-state index contributed by atoms with van der Waals surface area (Å²) in [6, 6.07) is 0.116. The first-order chi connectivity index (χ1) is 7.11. The third-order valence-electron chi connectivity index (χ3n) is 3.24. The molecule has 3 nitrogen and oxygen atoms in total. The van der Waals surface area contributed by atoms with Gasteiger partial charge in [0.2, 0.25) is 0 Å². The quantitative estimate of drug-likeness (QED) is 0.803. The van der Waals surface area contributed by atoms with Gasteiger partial charge in [0.05, 0.1) is 28.6 Å². The van der Waals surface area contributed by atoms with E-state index in [0.29, 0.717) is 0 Å². The molecule has 0 spiro atoms. The molecule has 1 aliphatic rings. The Morgan fingerprint density at radius 2 is 2.00 bits per heavy atom. The molecule has 0 saturated heterocycles. The molecule has 1 aromatic rings. The zero-order valence-corrected chi connectivity index (χ0v) is 9.96.